The third-order valence-corrected chi connectivity index (χ3v) is 4.54. The van der Waals surface area contributed by atoms with Crippen LogP contribution >= 0.6 is 0 Å². The van der Waals surface area contributed by atoms with Crippen LogP contribution in [0.1, 0.15) is 36.6 Å². The van der Waals surface area contributed by atoms with Gasteiger partial charge in [0.05, 0.1) is 29.5 Å². The van der Waals surface area contributed by atoms with Gasteiger partial charge in [-0.05, 0) is 43.1 Å². The van der Waals surface area contributed by atoms with E-state index in [4.69, 9.17) is 0 Å². The van der Waals surface area contributed by atoms with E-state index in [1.54, 1.807) is 6.20 Å². The summed E-state index contributed by atoms with van der Waals surface area (Å²) in [5.41, 5.74) is 5.76. The average Bonchev–Trinajstić information content (AvgIpc) is 2.63. The molecule has 5 heteroatoms. The topological polar surface area (TPSA) is 58.1 Å². The number of para-hydroxylation sites is 3. The van der Waals surface area contributed by atoms with Crippen LogP contribution in [0.4, 0.5) is 5.69 Å². The molecule has 0 aliphatic rings. The maximum absolute atomic E-state index is 12.6. The molecule has 1 amide bonds. The van der Waals surface area contributed by atoms with Crippen molar-refractivity contribution >= 4 is 22.6 Å². The van der Waals surface area contributed by atoms with Crippen molar-refractivity contribution in [3.63, 3.8) is 0 Å². The predicted octanol–water partition coefficient (Wildman–Crippen LogP) is 4.13. The molecule has 27 heavy (non-hydrogen) atoms. The number of hydrogen-bond acceptors (Lipinski definition) is 4. The number of carbonyl (C=O) groups excluding carboxylic acids is 1. The molecule has 0 unspecified atom stereocenters. The number of aryl methyl sites for hydroxylation is 1. The number of rotatable bonds is 6. The van der Waals surface area contributed by atoms with E-state index in [0.29, 0.717) is 19.0 Å². The molecule has 0 bridgehead atoms. The number of benzene rings is 2. The minimum Gasteiger partial charge on any atom is -0.324 e. The van der Waals surface area contributed by atoms with Gasteiger partial charge in [-0.3, -0.25) is 14.7 Å². The Morgan fingerprint density at radius 3 is 2.59 bits per heavy atom. The van der Waals surface area contributed by atoms with Gasteiger partial charge in [-0.2, -0.15) is 0 Å². The lowest BCUT2D eigenvalue weighted by Gasteiger charge is -2.19. The summed E-state index contributed by atoms with van der Waals surface area (Å²) in [5, 5.41) is 3.09. The minimum atomic E-state index is -0.0255. The van der Waals surface area contributed by atoms with Crippen molar-refractivity contribution in [2.75, 3.05) is 18.9 Å². The Bertz CT molecular complexity index is 952. The Labute approximate surface area is 160 Å². The number of aromatic nitrogens is 2. The monoisotopic (exact) mass is 362 g/mol. The number of likely N-dealkylation sites (N-methyl/N-ethyl adjacent to an activating group) is 1. The molecule has 0 fully saturated rings. The van der Waals surface area contributed by atoms with Gasteiger partial charge in [0.2, 0.25) is 5.91 Å². The Morgan fingerprint density at radius 1 is 1.11 bits per heavy atom. The van der Waals surface area contributed by atoms with Crippen LogP contribution in [0.3, 0.4) is 0 Å². The lowest BCUT2D eigenvalue weighted by molar-refractivity contribution is -0.117. The quantitative estimate of drug-likeness (QED) is 0.716. The highest BCUT2D eigenvalue weighted by atomic mass is 16.2. The first-order valence-corrected chi connectivity index (χ1v) is 9.22. The first kappa shape index (κ1) is 19.0. The number of hydrogen-bond donors (Lipinski definition) is 1. The van der Waals surface area contributed by atoms with E-state index < -0.39 is 0 Å². The Hall–Kier alpha value is -2.79. The summed E-state index contributed by atoms with van der Waals surface area (Å²) < 4.78 is 0. The van der Waals surface area contributed by atoms with E-state index >= 15 is 0 Å². The molecule has 0 aliphatic heterocycles. The molecule has 0 saturated carbocycles. The lowest BCUT2D eigenvalue weighted by atomic mass is 9.98. The van der Waals surface area contributed by atoms with E-state index in [2.05, 4.69) is 35.2 Å². The molecule has 0 aliphatic carbocycles. The number of nitrogens with one attached hydrogen (secondary N) is 1. The minimum absolute atomic E-state index is 0.0255. The van der Waals surface area contributed by atoms with E-state index in [1.165, 1.54) is 0 Å². The zero-order chi connectivity index (χ0) is 19.4. The summed E-state index contributed by atoms with van der Waals surface area (Å²) in [7, 11) is 1.91. The molecule has 1 N–H and O–H groups in total. The van der Waals surface area contributed by atoms with Gasteiger partial charge in [0.1, 0.15) is 0 Å². The summed E-state index contributed by atoms with van der Waals surface area (Å²) in [5.74, 6) is 0.327. The van der Waals surface area contributed by atoms with Crippen molar-refractivity contribution in [2.45, 2.75) is 33.2 Å². The molecule has 3 rings (SSSR count). The largest absolute Gasteiger partial charge is 0.324 e. The van der Waals surface area contributed by atoms with Crippen LogP contribution in [0.25, 0.3) is 11.0 Å². The van der Waals surface area contributed by atoms with Gasteiger partial charge in [-0.1, -0.05) is 44.2 Å². The molecule has 1 heterocycles. The Kier molecular flexibility index (Phi) is 5.81. The Balaban J connectivity index is 1.65. The van der Waals surface area contributed by atoms with Crippen LogP contribution < -0.4 is 5.32 Å². The van der Waals surface area contributed by atoms with Crippen LogP contribution in [0.2, 0.25) is 0 Å². The van der Waals surface area contributed by atoms with Gasteiger partial charge < -0.3 is 5.32 Å². The van der Waals surface area contributed by atoms with Gasteiger partial charge in [-0.25, -0.2) is 4.98 Å². The van der Waals surface area contributed by atoms with Crippen LogP contribution in [0.5, 0.6) is 0 Å². The Morgan fingerprint density at radius 2 is 1.85 bits per heavy atom. The summed E-state index contributed by atoms with van der Waals surface area (Å²) in [6.07, 6.45) is 1.77. The fourth-order valence-corrected chi connectivity index (χ4v) is 3.17. The molecule has 2 aromatic carbocycles. The number of fused-ring (bicyclic) bond motifs is 1. The molecular formula is C22H26N4O. The SMILES string of the molecule is Cc1cccc(C(C)C)c1NC(=O)CN(C)Cc1cnc2ccccc2n1. The fraction of sp³-hybridized carbons (Fsp3) is 0.318. The van der Waals surface area contributed by atoms with Crippen molar-refractivity contribution in [2.24, 2.45) is 0 Å². The van der Waals surface area contributed by atoms with Crippen LogP contribution in [0, 0.1) is 6.92 Å². The zero-order valence-corrected chi connectivity index (χ0v) is 16.4. The van der Waals surface area contributed by atoms with Gasteiger partial charge >= 0.3 is 0 Å². The van der Waals surface area contributed by atoms with Crippen LogP contribution in [0.15, 0.2) is 48.7 Å². The highest BCUT2D eigenvalue weighted by Crippen LogP contribution is 2.27. The average molecular weight is 362 g/mol. The highest BCUT2D eigenvalue weighted by molar-refractivity contribution is 5.93. The maximum Gasteiger partial charge on any atom is 0.238 e. The third kappa shape index (κ3) is 4.68. The first-order chi connectivity index (χ1) is 12.9. The van der Waals surface area contributed by atoms with Crippen molar-refractivity contribution < 1.29 is 4.79 Å². The second kappa shape index (κ2) is 8.27. The normalized spacial score (nSPS) is 11.3. The highest BCUT2D eigenvalue weighted by Gasteiger charge is 2.14. The van der Waals surface area contributed by atoms with Gasteiger partial charge in [-0.15, -0.1) is 0 Å². The summed E-state index contributed by atoms with van der Waals surface area (Å²) in [6, 6.07) is 13.9. The van der Waals surface area contributed by atoms with Gasteiger partial charge in [0.15, 0.2) is 0 Å². The second-order valence-corrected chi connectivity index (χ2v) is 7.26. The summed E-state index contributed by atoms with van der Waals surface area (Å²) in [4.78, 5) is 23.6. The lowest BCUT2D eigenvalue weighted by Crippen LogP contribution is -2.30. The number of carbonyl (C=O) groups is 1. The summed E-state index contributed by atoms with van der Waals surface area (Å²) >= 11 is 0. The number of anilines is 1. The molecule has 0 saturated heterocycles. The number of nitrogens with zero attached hydrogens (tertiary/aromatic N) is 3. The molecule has 140 valence electrons. The fourth-order valence-electron chi connectivity index (χ4n) is 3.17. The van der Waals surface area contributed by atoms with Crippen LogP contribution in [-0.2, 0) is 11.3 Å². The van der Waals surface area contributed by atoms with E-state index in [1.807, 2.05) is 55.3 Å². The van der Waals surface area contributed by atoms with E-state index in [0.717, 1.165) is 33.5 Å². The second-order valence-electron chi connectivity index (χ2n) is 7.26. The predicted molar refractivity (Wildman–Crippen MR) is 110 cm³/mol. The summed E-state index contributed by atoms with van der Waals surface area (Å²) in [6.45, 7) is 7.15. The van der Waals surface area contributed by atoms with Crippen molar-refractivity contribution in [3.05, 3.63) is 65.5 Å². The third-order valence-electron chi connectivity index (χ3n) is 4.54. The van der Waals surface area contributed by atoms with Crippen molar-refractivity contribution in [3.8, 4) is 0 Å². The van der Waals surface area contributed by atoms with Crippen molar-refractivity contribution in [1.82, 2.24) is 14.9 Å². The first-order valence-electron chi connectivity index (χ1n) is 9.22. The standard InChI is InChI=1S/C22H26N4O/c1-15(2)18-9-7-8-16(3)22(18)25-21(27)14-26(4)13-17-12-23-19-10-5-6-11-20(19)24-17/h5-12,15H,13-14H2,1-4H3,(H,25,27). The van der Waals surface area contributed by atoms with E-state index in [9.17, 15) is 4.79 Å². The number of amides is 1. The van der Waals surface area contributed by atoms with Crippen LogP contribution in [-0.4, -0.2) is 34.4 Å². The van der Waals surface area contributed by atoms with Gasteiger partial charge in [0.25, 0.3) is 0 Å². The van der Waals surface area contributed by atoms with E-state index in [-0.39, 0.29) is 5.91 Å². The molecular weight excluding hydrogens is 336 g/mol. The molecule has 0 radical (unpaired) electrons. The smallest absolute Gasteiger partial charge is 0.238 e. The van der Waals surface area contributed by atoms with Gasteiger partial charge in [0, 0.05) is 12.2 Å². The maximum atomic E-state index is 12.6. The van der Waals surface area contributed by atoms with Crippen molar-refractivity contribution in [1.29, 1.82) is 0 Å². The zero-order valence-electron chi connectivity index (χ0n) is 16.4. The molecule has 1 aromatic heterocycles. The molecule has 5 nitrogen and oxygen atoms in total. The molecule has 3 aromatic rings. The molecule has 0 atom stereocenters. The molecule has 0 spiro atoms.